The van der Waals surface area contributed by atoms with Crippen LogP contribution in [0.4, 0.5) is 0 Å². The number of hydrogen-bond acceptors (Lipinski definition) is 3. The molecule has 1 fully saturated rings. The molecule has 1 saturated heterocycles. The van der Waals surface area contributed by atoms with Gasteiger partial charge in [0.25, 0.3) is 0 Å². The SMILES string of the molecule is [2H]c1cccc2c1n(C)c(=O)n2C1CCC(=O)NC1=O. The number of carbonyl (C=O) groups is 2. The van der Waals surface area contributed by atoms with Crippen LogP contribution in [0.15, 0.2) is 29.0 Å². The monoisotopic (exact) mass is 260 g/mol. The van der Waals surface area contributed by atoms with Crippen molar-refractivity contribution in [2.45, 2.75) is 18.9 Å². The van der Waals surface area contributed by atoms with Crippen molar-refractivity contribution in [1.29, 1.82) is 0 Å². The molecule has 1 unspecified atom stereocenters. The van der Waals surface area contributed by atoms with Crippen molar-refractivity contribution >= 4 is 22.8 Å². The van der Waals surface area contributed by atoms with E-state index < -0.39 is 11.9 Å². The first-order valence-electron chi connectivity index (χ1n) is 6.51. The summed E-state index contributed by atoms with van der Waals surface area (Å²) in [6, 6.07) is 4.50. The number of para-hydroxylation sites is 2. The van der Waals surface area contributed by atoms with Crippen LogP contribution in [0.2, 0.25) is 0 Å². The Balaban J connectivity index is 2.25. The molecule has 1 aliphatic heterocycles. The number of nitrogens with zero attached hydrogens (tertiary/aromatic N) is 2. The van der Waals surface area contributed by atoms with E-state index in [1.165, 1.54) is 9.13 Å². The van der Waals surface area contributed by atoms with Gasteiger partial charge in [-0.3, -0.25) is 24.0 Å². The Morgan fingerprint density at radius 1 is 1.32 bits per heavy atom. The molecule has 1 atom stereocenters. The second kappa shape index (κ2) is 4.08. The van der Waals surface area contributed by atoms with Gasteiger partial charge in [0.05, 0.1) is 12.4 Å². The van der Waals surface area contributed by atoms with Crippen molar-refractivity contribution in [3.05, 3.63) is 34.7 Å². The molecule has 98 valence electrons. The number of nitrogens with one attached hydrogen (secondary N) is 1. The Kier molecular flexibility index (Phi) is 2.26. The number of carbonyl (C=O) groups excluding carboxylic acids is 2. The number of benzene rings is 1. The predicted molar refractivity (Wildman–Crippen MR) is 68.6 cm³/mol. The normalized spacial score (nSPS) is 20.5. The Bertz CT molecular complexity index is 790. The second-order valence-electron chi connectivity index (χ2n) is 4.58. The molecule has 0 spiro atoms. The van der Waals surface area contributed by atoms with E-state index in [-0.39, 0.29) is 24.1 Å². The molecule has 19 heavy (non-hydrogen) atoms. The fourth-order valence-electron chi connectivity index (χ4n) is 2.47. The van der Waals surface area contributed by atoms with Crippen LogP contribution in [0.3, 0.4) is 0 Å². The summed E-state index contributed by atoms with van der Waals surface area (Å²) in [5, 5.41) is 2.25. The number of aryl methyl sites for hydroxylation is 1. The lowest BCUT2D eigenvalue weighted by molar-refractivity contribution is -0.135. The van der Waals surface area contributed by atoms with Gasteiger partial charge in [0.1, 0.15) is 6.04 Å². The van der Waals surface area contributed by atoms with E-state index in [1.54, 1.807) is 25.2 Å². The van der Waals surface area contributed by atoms with E-state index in [2.05, 4.69) is 5.32 Å². The number of hydrogen-bond donors (Lipinski definition) is 1. The second-order valence-corrected chi connectivity index (χ2v) is 4.58. The smallest absolute Gasteiger partial charge is 0.295 e. The highest BCUT2D eigenvalue weighted by Crippen LogP contribution is 2.22. The standard InChI is InChI=1S/C13H13N3O3/c1-15-8-4-2-3-5-9(8)16(13(15)19)10-6-7-11(17)14-12(10)18/h2-5,10H,6-7H2,1H3,(H,14,17,18)/i4D. The molecule has 0 bridgehead atoms. The summed E-state index contributed by atoms with van der Waals surface area (Å²) in [5.41, 5.74) is 0.677. The lowest BCUT2D eigenvalue weighted by Crippen LogP contribution is -2.44. The Labute approximate surface area is 110 Å². The summed E-state index contributed by atoms with van der Waals surface area (Å²) in [5.74, 6) is -0.785. The van der Waals surface area contributed by atoms with Crippen molar-refractivity contribution < 1.29 is 11.0 Å². The third-order valence-electron chi connectivity index (χ3n) is 3.42. The Morgan fingerprint density at radius 3 is 2.84 bits per heavy atom. The molecule has 0 aliphatic carbocycles. The first-order valence-corrected chi connectivity index (χ1v) is 6.01. The predicted octanol–water partition coefficient (Wildman–Crippen LogP) is 0.318. The molecule has 2 heterocycles. The minimum absolute atomic E-state index is 0.208. The summed E-state index contributed by atoms with van der Waals surface area (Å²) in [7, 11) is 1.57. The minimum atomic E-state index is -0.703. The molecule has 1 N–H and O–H groups in total. The van der Waals surface area contributed by atoms with Gasteiger partial charge in [-0.05, 0) is 18.5 Å². The van der Waals surface area contributed by atoms with E-state index in [9.17, 15) is 14.4 Å². The van der Waals surface area contributed by atoms with Crippen LogP contribution in [0.1, 0.15) is 20.3 Å². The first-order chi connectivity index (χ1) is 9.50. The number of aromatic nitrogens is 2. The van der Waals surface area contributed by atoms with Gasteiger partial charge in [-0.2, -0.15) is 0 Å². The van der Waals surface area contributed by atoms with Gasteiger partial charge < -0.3 is 0 Å². The lowest BCUT2D eigenvalue weighted by Gasteiger charge is -2.21. The van der Waals surface area contributed by atoms with E-state index >= 15 is 0 Å². The van der Waals surface area contributed by atoms with Gasteiger partial charge in [-0.1, -0.05) is 12.1 Å². The van der Waals surface area contributed by atoms with Gasteiger partial charge in [0.2, 0.25) is 11.8 Å². The summed E-state index contributed by atoms with van der Waals surface area (Å²) in [6.45, 7) is 0. The van der Waals surface area contributed by atoms with Crippen LogP contribution >= 0.6 is 0 Å². The number of rotatable bonds is 1. The molecule has 0 saturated carbocycles. The average molecular weight is 260 g/mol. The van der Waals surface area contributed by atoms with Gasteiger partial charge >= 0.3 is 5.69 Å². The Morgan fingerprint density at radius 2 is 2.11 bits per heavy atom. The summed E-state index contributed by atoms with van der Waals surface area (Å²) in [4.78, 5) is 35.5. The number of fused-ring (bicyclic) bond motifs is 1. The summed E-state index contributed by atoms with van der Waals surface area (Å²) < 4.78 is 10.6. The molecule has 6 heteroatoms. The molecule has 0 radical (unpaired) electrons. The highest BCUT2D eigenvalue weighted by molar-refractivity contribution is 6.00. The van der Waals surface area contributed by atoms with Gasteiger partial charge in [0, 0.05) is 13.5 Å². The van der Waals surface area contributed by atoms with Crippen molar-refractivity contribution in [3.8, 4) is 0 Å². The van der Waals surface area contributed by atoms with E-state index in [1.807, 2.05) is 0 Å². The van der Waals surface area contributed by atoms with Crippen molar-refractivity contribution in [2.75, 3.05) is 0 Å². The molecule has 1 aliphatic rings. The van der Waals surface area contributed by atoms with E-state index in [0.717, 1.165) is 0 Å². The van der Waals surface area contributed by atoms with Crippen molar-refractivity contribution in [3.63, 3.8) is 0 Å². The quantitative estimate of drug-likeness (QED) is 0.750. The molecular formula is C13H13N3O3. The number of piperidine rings is 1. The van der Waals surface area contributed by atoms with Crippen LogP contribution in [0.25, 0.3) is 11.0 Å². The topological polar surface area (TPSA) is 73.1 Å². The molecule has 6 nitrogen and oxygen atoms in total. The third kappa shape index (κ3) is 1.68. The van der Waals surface area contributed by atoms with E-state index in [0.29, 0.717) is 17.5 Å². The van der Waals surface area contributed by atoms with Crippen LogP contribution in [-0.2, 0) is 16.6 Å². The number of imidazole rings is 1. The molecule has 2 amide bonds. The van der Waals surface area contributed by atoms with Crippen molar-refractivity contribution in [2.24, 2.45) is 7.05 Å². The first kappa shape index (κ1) is 10.5. The zero-order valence-corrected chi connectivity index (χ0v) is 10.3. The molecule has 2 aromatic rings. The maximum absolute atomic E-state index is 12.3. The highest BCUT2D eigenvalue weighted by Gasteiger charge is 2.30. The van der Waals surface area contributed by atoms with E-state index in [4.69, 9.17) is 1.37 Å². The zero-order chi connectivity index (χ0) is 14.4. The fraction of sp³-hybridized carbons (Fsp3) is 0.308. The van der Waals surface area contributed by atoms with Crippen LogP contribution < -0.4 is 11.0 Å². The maximum Gasteiger partial charge on any atom is 0.329 e. The van der Waals surface area contributed by atoms with Crippen LogP contribution in [0, 0.1) is 0 Å². The molecule has 1 aromatic heterocycles. The van der Waals surface area contributed by atoms with Gasteiger partial charge in [-0.25, -0.2) is 4.79 Å². The minimum Gasteiger partial charge on any atom is -0.295 e. The molecule has 1 aromatic carbocycles. The number of amides is 2. The van der Waals surface area contributed by atoms with Gasteiger partial charge in [0.15, 0.2) is 0 Å². The van der Waals surface area contributed by atoms with Gasteiger partial charge in [-0.15, -0.1) is 0 Å². The largest absolute Gasteiger partial charge is 0.329 e. The average Bonchev–Trinajstić information content (AvgIpc) is 2.64. The summed E-state index contributed by atoms with van der Waals surface area (Å²) >= 11 is 0. The Hall–Kier alpha value is -2.37. The van der Waals surface area contributed by atoms with Crippen molar-refractivity contribution in [1.82, 2.24) is 14.5 Å². The summed E-state index contributed by atoms with van der Waals surface area (Å²) in [6.07, 6.45) is 0.506. The van der Waals surface area contributed by atoms with Crippen LogP contribution in [-0.4, -0.2) is 20.9 Å². The number of imide groups is 1. The fourth-order valence-corrected chi connectivity index (χ4v) is 2.47. The van der Waals surface area contributed by atoms with Crippen LogP contribution in [0.5, 0.6) is 0 Å². The molecule has 3 rings (SSSR count). The zero-order valence-electron chi connectivity index (χ0n) is 11.3. The molecular weight excluding hydrogens is 246 g/mol. The highest BCUT2D eigenvalue weighted by atomic mass is 16.2. The third-order valence-corrected chi connectivity index (χ3v) is 3.42. The lowest BCUT2D eigenvalue weighted by atomic mass is 10.1. The maximum atomic E-state index is 12.3.